The van der Waals surface area contributed by atoms with Crippen LogP contribution in [0.3, 0.4) is 0 Å². The summed E-state index contributed by atoms with van der Waals surface area (Å²) < 4.78 is 0. The van der Waals surface area contributed by atoms with Crippen LogP contribution in [0.2, 0.25) is 0 Å². The molecule has 0 unspecified atom stereocenters. The van der Waals surface area contributed by atoms with E-state index in [0.29, 0.717) is 11.8 Å². The third-order valence-electron chi connectivity index (χ3n) is 19.7. The van der Waals surface area contributed by atoms with Gasteiger partial charge in [-0.1, -0.05) is 96.9 Å². The minimum atomic E-state index is -0.349. The summed E-state index contributed by atoms with van der Waals surface area (Å²) >= 11 is 0. The topological polar surface area (TPSA) is 40.6 Å². The Kier molecular flexibility index (Phi) is 2.79. The van der Waals surface area contributed by atoms with Crippen LogP contribution in [-0.2, 0) is 9.59 Å². The molecule has 4 heteroatoms. The van der Waals surface area contributed by atoms with Crippen LogP contribution in [0, 0.1) is 75.8 Å². The monoisotopic (exact) mass is 518 g/mol. The minimum Gasteiger partial charge on any atom is -0.341 e. The Balaban J connectivity index is 1.37. The van der Waals surface area contributed by atoms with E-state index in [2.05, 4.69) is 107 Å². The van der Waals surface area contributed by atoms with Crippen LogP contribution < -0.4 is 0 Å². The molecule has 0 aromatic heterocycles. The molecule has 4 nitrogen and oxygen atoms in total. The van der Waals surface area contributed by atoms with Crippen LogP contribution in [0.5, 0.6) is 0 Å². The first-order valence-electron chi connectivity index (χ1n) is 15.5. The van der Waals surface area contributed by atoms with Gasteiger partial charge in [0.2, 0.25) is 11.8 Å². The molecule has 0 aromatic carbocycles. The fourth-order valence-corrected chi connectivity index (χ4v) is 19.8. The van der Waals surface area contributed by atoms with Gasteiger partial charge < -0.3 is 9.80 Å². The lowest BCUT2D eigenvalue weighted by atomic mass is 9.39. The third kappa shape index (κ3) is 1.04. The summed E-state index contributed by atoms with van der Waals surface area (Å²) in [6, 6.07) is 0. The molecule has 0 N–H and O–H groups in total. The van der Waals surface area contributed by atoms with Crippen molar-refractivity contribution in [2.75, 3.05) is 26.2 Å². The SMILES string of the molecule is CC(C)(C)C(=O)N1CC23C4(C)C2(C)C2(C)C5(C)C6(C)C7(C)C(C)(C4(C)C24CN(C(=O)C(C)(C)C)CC764)C53C1. The molecule has 4 spiro atoms. The molecule has 0 bridgehead atoms. The van der Waals surface area contributed by atoms with E-state index < -0.39 is 0 Å². The number of carbonyl (C=O) groups is 2. The zero-order valence-corrected chi connectivity index (χ0v) is 26.5. The van der Waals surface area contributed by atoms with Crippen molar-refractivity contribution in [3.63, 3.8) is 0 Å². The highest BCUT2D eigenvalue weighted by Crippen LogP contribution is 3.34. The summed E-state index contributed by atoms with van der Waals surface area (Å²) in [7, 11) is 0. The number of likely N-dealkylation sites (tertiary alicyclic amines) is 2. The number of carbonyl (C=O) groups excluding carboxylic acids is 2. The molecule has 0 atom stereocenters. The molecule has 2 amide bonds. The summed E-state index contributed by atoms with van der Waals surface area (Å²) in [5, 5.41) is 0. The van der Waals surface area contributed by atoms with Crippen molar-refractivity contribution in [1.29, 1.82) is 0 Å². The second-order valence-electron chi connectivity index (χ2n) is 19.4. The van der Waals surface area contributed by atoms with Crippen LogP contribution in [0.15, 0.2) is 0 Å². The maximum absolute atomic E-state index is 14.0. The highest BCUT2D eigenvalue weighted by Gasteiger charge is 3.34. The van der Waals surface area contributed by atoms with E-state index in [0.717, 1.165) is 26.2 Å². The van der Waals surface area contributed by atoms with Gasteiger partial charge in [0.1, 0.15) is 0 Å². The van der Waals surface area contributed by atoms with Crippen molar-refractivity contribution < 1.29 is 9.59 Å². The Labute approximate surface area is 230 Å². The molecule has 2 aliphatic heterocycles. The summed E-state index contributed by atoms with van der Waals surface area (Å²) in [6.07, 6.45) is 0. The predicted octanol–water partition coefficient (Wildman–Crippen LogP) is 5.85. The minimum absolute atomic E-state index is 0.143. The zero-order chi connectivity index (χ0) is 28.1. The van der Waals surface area contributed by atoms with Gasteiger partial charge in [-0.2, -0.15) is 0 Å². The van der Waals surface area contributed by atoms with Gasteiger partial charge >= 0.3 is 0 Å². The standard InChI is InChI=1S/C34H50N2O2/c1-21(2,3)19(37)35-15-31-23(7)24(31,8)30(14)28(12)26(10)25(9)27(11,33(28,31)17-35)29(23,13)34(30)18-36(16-32(25,26)34)20(38)22(4,5)6/h15-18H2,1-14H3. The Bertz CT molecular complexity index is 1250. The number of amides is 2. The molecule has 0 radical (unpaired) electrons. The maximum atomic E-state index is 14.0. The lowest BCUT2D eigenvalue weighted by Gasteiger charge is -2.65. The van der Waals surface area contributed by atoms with Crippen LogP contribution in [0.1, 0.15) is 96.9 Å². The zero-order valence-electron chi connectivity index (χ0n) is 26.5. The van der Waals surface area contributed by atoms with E-state index in [-0.39, 0.29) is 75.8 Å². The van der Waals surface area contributed by atoms with Crippen molar-refractivity contribution in [2.24, 2.45) is 75.8 Å². The summed E-state index contributed by atoms with van der Waals surface area (Å²) in [5.41, 5.74) is 1.33. The van der Waals surface area contributed by atoms with Crippen LogP contribution in [0.4, 0.5) is 0 Å². The smallest absolute Gasteiger partial charge is 0.227 e. The van der Waals surface area contributed by atoms with Gasteiger partial charge in [0.15, 0.2) is 0 Å². The molecule has 2 heterocycles. The van der Waals surface area contributed by atoms with Crippen molar-refractivity contribution in [2.45, 2.75) is 96.9 Å². The molecular formula is C34H50N2O2. The van der Waals surface area contributed by atoms with Gasteiger partial charge in [-0.3, -0.25) is 9.59 Å². The molecule has 0 aromatic rings. The molecule has 10 aliphatic rings. The fourth-order valence-electron chi connectivity index (χ4n) is 19.8. The van der Waals surface area contributed by atoms with Crippen LogP contribution >= 0.6 is 0 Å². The van der Waals surface area contributed by atoms with Crippen molar-refractivity contribution in [3.8, 4) is 0 Å². The van der Waals surface area contributed by atoms with E-state index >= 15 is 0 Å². The quantitative estimate of drug-likeness (QED) is 0.403. The van der Waals surface area contributed by atoms with E-state index in [4.69, 9.17) is 0 Å². The molecule has 208 valence electrons. The molecule has 38 heavy (non-hydrogen) atoms. The van der Waals surface area contributed by atoms with Crippen molar-refractivity contribution in [3.05, 3.63) is 0 Å². The van der Waals surface area contributed by atoms with E-state index in [9.17, 15) is 9.59 Å². The second kappa shape index (κ2) is 4.48. The summed E-state index contributed by atoms with van der Waals surface area (Å²) in [4.78, 5) is 32.7. The van der Waals surface area contributed by atoms with E-state index in [1.807, 2.05) is 0 Å². The Morgan fingerprint density at radius 1 is 0.421 bits per heavy atom. The third-order valence-corrected chi connectivity index (χ3v) is 19.7. The normalized spacial score (nSPS) is 69.7. The first kappa shape index (κ1) is 23.6. The molecule has 8 saturated carbocycles. The van der Waals surface area contributed by atoms with Gasteiger partial charge in [-0.15, -0.1) is 0 Å². The first-order chi connectivity index (χ1) is 16.9. The summed E-state index contributed by atoms with van der Waals surface area (Å²) in [5.74, 6) is 0.703. The molecule has 10 fully saturated rings. The molecular weight excluding hydrogens is 468 g/mol. The second-order valence-corrected chi connectivity index (χ2v) is 19.4. The Morgan fingerprint density at radius 2 is 0.579 bits per heavy atom. The van der Waals surface area contributed by atoms with E-state index in [1.54, 1.807) is 0 Å². The van der Waals surface area contributed by atoms with Gasteiger partial charge in [0, 0.05) is 58.7 Å². The highest BCUT2D eigenvalue weighted by molar-refractivity contribution is 5.88. The predicted molar refractivity (Wildman–Crippen MR) is 147 cm³/mol. The number of rotatable bonds is 0. The Morgan fingerprint density at radius 3 is 0.711 bits per heavy atom. The van der Waals surface area contributed by atoms with E-state index in [1.165, 1.54) is 0 Å². The average Bonchev–Trinajstić information content (AvgIpc) is 3.16. The highest BCUT2D eigenvalue weighted by atomic mass is 16.2. The fraction of sp³-hybridized carbons (Fsp3) is 0.941. The van der Waals surface area contributed by atoms with Crippen LogP contribution in [0.25, 0.3) is 0 Å². The van der Waals surface area contributed by atoms with Gasteiger partial charge in [0.25, 0.3) is 0 Å². The van der Waals surface area contributed by atoms with Gasteiger partial charge in [0.05, 0.1) is 0 Å². The number of hydrogen-bond acceptors (Lipinski definition) is 2. The summed E-state index contributed by atoms with van der Waals surface area (Å²) in [6.45, 7) is 38.1. The number of nitrogens with zero attached hydrogens (tertiary/aromatic N) is 2. The van der Waals surface area contributed by atoms with Gasteiger partial charge in [-0.25, -0.2) is 0 Å². The van der Waals surface area contributed by atoms with Crippen LogP contribution in [-0.4, -0.2) is 47.8 Å². The molecule has 2 saturated heterocycles. The lowest BCUT2D eigenvalue weighted by Crippen LogP contribution is -2.65. The molecule has 10 rings (SSSR count). The lowest BCUT2D eigenvalue weighted by molar-refractivity contribution is -0.190. The Hall–Kier alpha value is -1.06. The van der Waals surface area contributed by atoms with Crippen molar-refractivity contribution >= 4 is 11.8 Å². The molecule has 8 aliphatic carbocycles. The number of hydrogen-bond donors (Lipinski definition) is 0. The maximum Gasteiger partial charge on any atom is 0.227 e. The van der Waals surface area contributed by atoms with Gasteiger partial charge in [-0.05, 0) is 43.3 Å². The average molecular weight is 519 g/mol. The van der Waals surface area contributed by atoms with Crippen molar-refractivity contribution in [1.82, 2.24) is 9.80 Å². The largest absolute Gasteiger partial charge is 0.341 e. The first-order valence-corrected chi connectivity index (χ1v) is 15.5.